The van der Waals surface area contributed by atoms with E-state index in [-0.39, 0.29) is 11.6 Å². The first-order valence-corrected chi connectivity index (χ1v) is 8.16. The molecule has 1 fully saturated rings. The van der Waals surface area contributed by atoms with Gasteiger partial charge in [-0.25, -0.2) is 4.68 Å². The maximum Gasteiger partial charge on any atom is 0.165 e. The molecule has 23 heavy (non-hydrogen) atoms. The van der Waals surface area contributed by atoms with E-state index in [1.165, 1.54) is 0 Å². The van der Waals surface area contributed by atoms with Gasteiger partial charge in [-0.05, 0) is 56.2 Å². The van der Waals surface area contributed by atoms with E-state index >= 15 is 0 Å². The Hall–Kier alpha value is -1.73. The van der Waals surface area contributed by atoms with Gasteiger partial charge in [-0.3, -0.25) is 4.90 Å². The van der Waals surface area contributed by atoms with Gasteiger partial charge in [-0.1, -0.05) is 0 Å². The lowest BCUT2D eigenvalue weighted by Crippen LogP contribution is -2.34. The molecule has 2 aromatic rings. The molecule has 1 aliphatic rings. The van der Waals surface area contributed by atoms with Gasteiger partial charge < -0.3 is 9.15 Å². The second-order valence-electron chi connectivity index (χ2n) is 7.06. The van der Waals surface area contributed by atoms with Gasteiger partial charge >= 0.3 is 0 Å². The summed E-state index contributed by atoms with van der Waals surface area (Å²) in [5, 5.41) is 12.2. The Kier molecular flexibility index (Phi) is 4.77. The molecule has 7 nitrogen and oxygen atoms in total. The molecule has 0 aliphatic carbocycles. The topological polar surface area (TPSA) is 69.2 Å². The molecule has 0 bridgehead atoms. The Morgan fingerprint density at radius 3 is 2.87 bits per heavy atom. The Bertz CT molecular complexity index is 596. The molecule has 0 N–H and O–H groups in total. The van der Waals surface area contributed by atoms with Gasteiger partial charge in [0.1, 0.15) is 5.76 Å². The van der Waals surface area contributed by atoms with Crippen LogP contribution in [0.5, 0.6) is 0 Å². The predicted octanol–water partition coefficient (Wildman–Crippen LogP) is 2.20. The fourth-order valence-electron chi connectivity index (χ4n) is 2.91. The van der Waals surface area contributed by atoms with Gasteiger partial charge in [0.2, 0.25) is 0 Å². The lowest BCUT2D eigenvalue weighted by atomic mass is 10.1. The van der Waals surface area contributed by atoms with E-state index in [4.69, 9.17) is 9.15 Å². The van der Waals surface area contributed by atoms with Crippen LogP contribution in [0.1, 0.15) is 45.2 Å². The number of tetrazole rings is 1. The van der Waals surface area contributed by atoms with Crippen molar-refractivity contribution in [2.45, 2.75) is 58.3 Å². The van der Waals surface area contributed by atoms with Gasteiger partial charge in [-0.15, -0.1) is 5.10 Å². The van der Waals surface area contributed by atoms with Crippen molar-refractivity contribution in [3.63, 3.8) is 0 Å². The zero-order valence-corrected chi connectivity index (χ0v) is 14.1. The fraction of sp³-hybridized carbons (Fsp3) is 0.688. The van der Waals surface area contributed by atoms with Crippen LogP contribution < -0.4 is 0 Å². The summed E-state index contributed by atoms with van der Waals surface area (Å²) in [5.41, 5.74) is -0.140. The van der Waals surface area contributed by atoms with Crippen LogP contribution in [-0.2, 0) is 23.4 Å². The molecule has 7 heteroatoms. The van der Waals surface area contributed by atoms with Crippen LogP contribution in [0.15, 0.2) is 22.8 Å². The van der Waals surface area contributed by atoms with E-state index in [1.807, 2.05) is 16.8 Å². The lowest BCUT2D eigenvalue weighted by molar-refractivity contribution is 0.0634. The highest BCUT2D eigenvalue weighted by atomic mass is 16.5. The minimum atomic E-state index is -0.140. The Labute approximate surface area is 136 Å². The minimum Gasteiger partial charge on any atom is -0.468 e. The summed E-state index contributed by atoms with van der Waals surface area (Å²) in [7, 11) is 0. The summed E-state index contributed by atoms with van der Waals surface area (Å²) in [4.78, 5) is 2.29. The van der Waals surface area contributed by atoms with Gasteiger partial charge in [0.05, 0.1) is 31.0 Å². The highest BCUT2D eigenvalue weighted by Gasteiger charge is 2.24. The number of hydrogen-bond donors (Lipinski definition) is 0. The normalized spacial score (nSPS) is 18.9. The molecule has 1 unspecified atom stereocenters. The van der Waals surface area contributed by atoms with Gasteiger partial charge in [0.25, 0.3) is 0 Å². The second-order valence-corrected chi connectivity index (χ2v) is 7.06. The van der Waals surface area contributed by atoms with Gasteiger partial charge in [0, 0.05) is 13.2 Å². The van der Waals surface area contributed by atoms with Crippen LogP contribution in [0.2, 0.25) is 0 Å². The quantitative estimate of drug-likeness (QED) is 0.813. The van der Waals surface area contributed by atoms with E-state index in [0.717, 1.165) is 44.1 Å². The summed E-state index contributed by atoms with van der Waals surface area (Å²) >= 11 is 0. The SMILES string of the molecule is CC(C)(C)n1nnnc1CN(Cc1ccco1)CC1CCCO1. The first-order valence-electron chi connectivity index (χ1n) is 8.16. The number of nitrogens with zero attached hydrogens (tertiary/aromatic N) is 5. The number of hydrogen-bond acceptors (Lipinski definition) is 6. The summed E-state index contributed by atoms with van der Waals surface area (Å²) in [6.45, 7) is 9.42. The molecule has 1 saturated heterocycles. The van der Waals surface area contributed by atoms with Crippen LogP contribution >= 0.6 is 0 Å². The number of aromatic nitrogens is 4. The van der Waals surface area contributed by atoms with Gasteiger partial charge in [-0.2, -0.15) is 0 Å². The van der Waals surface area contributed by atoms with Crippen molar-refractivity contribution in [3.8, 4) is 0 Å². The molecule has 126 valence electrons. The molecule has 1 aliphatic heterocycles. The van der Waals surface area contributed by atoms with E-state index in [0.29, 0.717) is 6.54 Å². The predicted molar refractivity (Wildman–Crippen MR) is 84.6 cm³/mol. The zero-order valence-electron chi connectivity index (χ0n) is 14.1. The maximum atomic E-state index is 5.79. The third kappa shape index (κ3) is 4.17. The van der Waals surface area contributed by atoms with Crippen molar-refractivity contribution < 1.29 is 9.15 Å². The zero-order chi connectivity index (χ0) is 16.3. The molecule has 0 saturated carbocycles. The van der Waals surface area contributed by atoms with Crippen molar-refractivity contribution in [3.05, 3.63) is 30.0 Å². The molecule has 2 aromatic heterocycles. The molecule has 3 rings (SSSR count). The standard InChI is InChI=1S/C16H25N5O2/c1-16(2,3)21-15(17-18-19-21)12-20(10-13-6-4-8-22-13)11-14-7-5-9-23-14/h4,6,8,14H,5,7,9-12H2,1-3H3. The molecule has 0 aromatic carbocycles. The highest BCUT2D eigenvalue weighted by Crippen LogP contribution is 2.19. The van der Waals surface area contributed by atoms with Crippen LogP contribution in [0.4, 0.5) is 0 Å². The Morgan fingerprint density at radius 1 is 1.35 bits per heavy atom. The second kappa shape index (κ2) is 6.80. The molecular weight excluding hydrogens is 294 g/mol. The first-order chi connectivity index (χ1) is 11.0. The van der Waals surface area contributed by atoms with Crippen LogP contribution in [0.3, 0.4) is 0 Å². The summed E-state index contributed by atoms with van der Waals surface area (Å²) in [5.74, 6) is 1.81. The van der Waals surface area contributed by atoms with Crippen molar-refractivity contribution in [1.29, 1.82) is 0 Å². The minimum absolute atomic E-state index is 0.140. The average molecular weight is 319 g/mol. The largest absolute Gasteiger partial charge is 0.468 e. The number of rotatable bonds is 6. The van der Waals surface area contributed by atoms with Crippen molar-refractivity contribution in [2.75, 3.05) is 13.2 Å². The van der Waals surface area contributed by atoms with E-state index < -0.39 is 0 Å². The molecule has 1 atom stereocenters. The maximum absolute atomic E-state index is 5.79. The third-order valence-electron chi connectivity index (χ3n) is 3.98. The molecule has 3 heterocycles. The van der Waals surface area contributed by atoms with Gasteiger partial charge in [0.15, 0.2) is 5.82 Å². The number of ether oxygens (including phenoxy) is 1. The first kappa shape index (κ1) is 16.1. The third-order valence-corrected chi connectivity index (χ3v) is 3.98. The van der Waals surface area contributed by atoms with Crippen molar-refractivity contribution in [1.82, 2.24) is 25.1 Å². The Balaban J connectivity index is 1.73. The molecule has 0 radical (unpaired) electrons. The molecule has 0 amide bonds. The summed E-state index contributed by atoms with van der Waals surface area (Å²) in [6, 6.07) is 3.91. The van der Waals surface area contributed by atoms with Crippen LogP contribution in [0.25, 0.3) is 0 Å². The van der Waals surface area contributed by atoms with Crippen LogP contribution in [0, 0.1) is 0 Å². The van der Waals surface area contributed by atoms with Crippen molar-refractivity contribution >= 4 is 0 Å². The summed E-state index contributed by atoms with van der Waals surface area (Å²) in [6.07, 6.45) is 4.24. The van der Waals surface area contributed by atoms with Crippen LogP contribution in [-0.4, -0.2) is 44.4 Å². The fourth-order valence-corrected chi connectivity index (χ4v) is 2.91. The lowest BCUT2D eigenvalue weighted by Gasteiger charge is -2.26. The van der Waals surface area contributed by atoms with E-state index in [1.54, 1.807) is 6.26 Å². The van der Waals surface area contributed by atoms with E-state index in [9.17, 15) is 0 Å². The smallest absolute Gasteiger partial charge is 0.165 e. The molecule has 0 spiro atoms. The monoisotopic (exact) mass is 319 g/mol. The Morgan fingerprint density at radius 2 is 2.22 bits per heavy atom. The highest BCUT2D eigenvalue weighted by molar-refractivity contribution is 4.99. The van der Waals surface area contributed by atoms with E-state index in [2.05, 4.69) is 41.2 Å². The molecular formula is C16H25N5O2. The number of furan rings is 1. The average Bonchev–Trinajstić information content (AvgIpc) is 3.18. The summed E-state index contributed by atoms with van der Waals surface area (Å²) < 4.78 is 13.2. The van der Waals surface area contributed by atoms with Crippen molar-refractivity contribution in [2.24, 2.45) is 0 Å².